The van der Waals surface area contributed by atoms with Gasteiger partial charge in [0.1, 0.15) is 28.9 Å². The predicted octanol–water partition coefficient (Wildman–Crippen LogP) is 3.21. The normalized spacial score (nSPS) is 23.1. The highest BCUT2D eigenvalue weighted by molar-refractivity contribution is 5.96. The molecule has 2 aliphatic rings. The lowest BCUT2D eigenvalue weighted by Crippen LogP contribution is -2.53. The fourth-order valence-electron chi connectivity index (χ4n) is 3.65. The van der Waals surface area contributed by atoms with Crippen LogP contribution in [0, 0.1) is 0 Å². The van der Waals surface area contributed by atoms with Gasteiger partial charge in [0.15, 0.2) is 0 Å². The van der Waals surface area contributed by atoms with E-state index in [9.17, 15) is 23.1 Å². The highest BCUT2D eigenvalue weighted by Gasteiger charge is 2.49. The molecule has 148 valence electrons. The molecule has 1 amide bonds. The molecule has 1 N–H and O–H groups in total. The molecule has 2 aromatic rings. The number of alkyl halides is 3. The van der Waals surface area contributed by atoms with Gasteiger partial charge in [0, 0.05) is 23.9 Å². The monoisotopic (exact) mass is 394 g/mol. The molecular weight excluding hydrogens is 377 g/mol. The lowest BCUT2D eigenvalue weighted by molar-refractivity contribution is -0.274. The molecule has 0 bridgehead atoms. The molecule has 0 spiro atoms. The highest BCUT2D eigenvalue weighted by atomic mass is 19.4. The van der Waals surface area contributed by atoms with Crippen molar-refractivity contribution in [2.75, 3.05) is 0 Å². The molecule has 2 atom stereocenters. The zero-order valence-electron chi connectivity index (χ0n) is 15.0. The molecule has 0 unspecified atom stereocenters. The minimum absolute atomic E-state index is 0.184. The number of fused-ring (bicyclic) bond motifs is 2. The zero-order valence-corrected chi connectivity index (χ0v) is 15.0. The highest BCUT2D eigenvalue weighted by Crippen LogP contribution is 2.46. The van der Waals surface area contributed by atoms with E-state index in [2.05, 4.69) is 9.72 Å². The Kier molecular flexibility index (Phi) is 4.04. The van der Waals surface area contributed by atoms with E-state index in [1.54, 1.807) is 26.0 Å². The van der Waals surface area contributed by atoms with Crippen molar-refractivity contribution in [2.45, 2.75) is 44.5 Å². The first kappa shape index (κ1) is 18.5. The summed E-state index contributed by atoms with van der Waals surface area (Å²) >= 11 is 0. The Bertz CT molecular complexity index is 945. The Balaban J connectivity index is 1.79. The summed E-state index contributed by atoms with van der Waals surface area (Å²) in [7, 11) is 0. The number of halogens is 3. The number of pyridine rings is 1. The van der Waals surface area contributed by atoms with E-state index >= 15 is 0 Å². The number of carbonyl (C=O) groups is 1. The quantitative estimate of drug-likeness (QED) is 0.847. The van der Waals surface area contributed by atoms with E-state index in [1.165, 1.54) is 17.2 Å². The van der Waals surface area contributed by atoms with Crippen LogP contribution in [-0.4, -0.2) is 39.0 Å². The van der Waals surface area contributed by atoms with Crippen molar-refractivity contribution in [3.8, 4) is 11.5 Å². The number of carbonyl (C=O) groups excluding carboxylic acids is 1. The van der Waals surface area contributed by atoms with Gasteiger partial charge in [-0.25, -0.2) is 0 Å². The van der Waals surface area contributed by atoms with Gasteiger partial charge in [-0.2, -0.15) is 0 Å². The van der Waals surface area contributed by atoms with E-state index in [0.29, 0.717) is 5.56 Å². The minimum atomic E-state index is -4.86. The van der Waals surface area contributed by atoms with Crippen molar-refractivity contribution < 1.29 is 32.5 Å². The molecule has 6 nitrogen and oxygen atoms in total. The molecule has 4 rings (SSSR count). The summed E-state index contributed by atoms with van der Waals surface area (Å²) in [6, 6.07) is 6.17. The summed E-state index contributed by atoms with van der Waals surface area (Å²) in [6.45, 7) is 3.49. The maximum absolute atomic E-state index is 12.9. The Hall–Kier alpha value is -2.81. The average Bonchev–Trinajstić information content (AvgIpc) is 2.92. The van der Waals surface area contributed by atoms with Crippen LogP contribution in [0.25, 0.3) is 0 Å². The van der Waals surface area contributed by atoms with Gasteiger partial charge in [-0.1, -0.05) is 6.07 Å². The van der Waals surface area contributed by atoms with Gasteiger partial charge < -0.3 is 19.5 Å². The Morgan fingerprint density at radius 2 is 2.07 bits per heavy atom. The predicted molar refractivity (Wildman–Crippen MR) is 90.7 cm³/mol. The number of amides is 1. The molecule has 3 heterocycles. The van der Waals surface area contributed by atoms with Gasteiger partial charge in [0.2, 0.25) is 0 Å². The first-order valence-corrected chi connectivity index (χ1v) is 8.58. The van der Waals surface area contributed by atoms with Gasteiger partial charge in [-0.15, -0.1) is 13.2 Å². The molecule has 1 aromatic carbocycles. The van der Waals surface area contributed by atoms with E-state index in [1.807, 2.05) is 0 Å². The second kappa shape index (κ2) is 6.10. The van der Waals surface area contributed by atoms with Gasteiger partial charge >= 0.3 is 6.36 Å². The van der Waals surface area contributed by atoms with E-state index < -0.39 is 35.8 Å². The summed E-state index contributed by atoms with van der Waals surface area (Å²) in [4.78, 5) is 18.4. The smallest absolute Gasteiger partial charge is 0.485 e. The lowest BCUT2D eigenvalue weighted by atomic mass is 9.85. The van der Waals surface area contributed by atoms with Crippen LogP contribution in [0.3, 0.4) is 0 Å². The second-order valence-electron chi connectivity index (χ2n) is 7.29. The third kappa shape index (κ3) is 3.05. The number of rotatable bonds is 2. The lowest BCUT2D eigenvalue weighted by Gasteiger charge is -2.45. The number of aromatic nitrogens is 1. The van der Waals surface area contributed by atoms with Crippen LogP contribution in [0.2, 0.25) is 0 Å². The average molecular weight is 394 g/mol. The molecule has 1 aromatic heterocycles. The zero-order chi connectivity index (χ0) is 20.3. The third-order valence-corrected chi connectivity index (χ3v) is 4.95. The molecule has 0 radical (unpaired) electrons. The number of aliphatic hydroxyl groups is 1. The van der Waals surface area contributed by atoms with Crippen molar-refractivity contribution in [1.29, 1.82) is 0 Å². The largest absolute Gasteiger partial charge is 0.573 e. The topological polar surface area (TPSA) is 71.9 Å². The van der Waals surface area contributed by atoms with Gasteiger partial charge in [0.05, 0.1) is 6.04 Å². The summed E-state index contributed by atoms with van der Waals surface area (Å²) < 4.78 is 47.7. The van der Waals surface area contributed by atoms with Crippen molar-refractivity contribution >= 4 is 5.91 Å². The van der Waals surface area contributed by atoms with Crippen molar-refractivity contribution in [3.05, 3.63) is 53.3 Å². The molecule has 9 heteroatoms. The molecular formula is C19H17F3N2O4. The minimum Gasteiger partial charge on any atom is -0.485 e. The number of hydrogen-bond donors (Lipinski definition) is 1. The van der Waals surface area contributed by atoms with Gasteiger partial charge in [0.25, 0.3) is 5.91 Å². The number of hydrogen-bond acceptors (Lipinski definition) is 5. The van der Waals surface area contributed by atoms with Crippen LogP contribution >= 0.6 is 0 Å². The van der Waals surface area contributed by atoms with Crippen LogP contribution in [0.5, 0.6) is 11.5 Å². The Morgan fingerprint density at radius 3 is 2.75 bits per heavy atom. The van der Waals surface area contributed by atoms with Crippen LogP contribution in [-0.2, 0) is 6.54 Å². The number of benzene rings is 1. The van der Waals surface area contributed by atoms with Crippen molar-refractivity contribution in [3.63, 3.8) is 0 Å². The second-order valence-corrected chi connectivity index (χ2v) is 7.29. The summed E-state index contributed by atoms with van der Waals surface area (Å²) in [5.74, 6) is -0.564. The standard InChI is InChI=1S/C19H17F3N2O4/c1-18(2)16(25)15(24-9-10-4-3-7-23-14(10)17(24)26)12-8-11(27-19(20,21)22)5-6-13(12)28-18/h3-8,15-16,25H,9H2,1-2H3/t15-,16+/m0/s1. The fourth-order valence-corrected chi connectivity index (χ4v) is 3.65. The number of ether oxygens (including phenoxy) is 2. The van der Waals surface area contributed by atoms with Gasteiger partial charge in [-0.05, 0) is 38.1 Å². The maximum Gasteiger partial charge on any atom is 0.573 e. The van der Waals surface area contributed by atoms with E-state index in [0.717, 1.165) is 12.1 Å². The van der Waals surface area contributed by atoms with E-state index in [4.69, 9.17) is 4.74 Å². The SMILES string of the molecule is CC1(C)Oc2ccc(OC(F)(F)F)cc2[C@H](N2Cc3cccnc3C2=O)[C@H]1O. The third-order valence-electron chi connectivity index (χ3n) is 4.95. The molecule has 0 aliphatic carbocycles. The van der Waals surface area contributed by atoms with Crippen LogP contribution in [0.1, 0.15) is 41.5 Å². The van der Waals surface area contributed by atoms with Crippen LogP contribution < -0.4 is 9.47 Å². The van der Waals surface area contributed by atoms with Crippen molar-refractivity contribution in [1.82, 2.24) is 9.88 Å². The summed E-state index contributed by atoms with van der Waals surface area (Å²) in [5.41, 5.74) is 0.137. The van der Waals surface area contributed by atoms with Crippen LogP contribution in [0.4, 0.5) is 13.2 Å². The first-order chi connectivity index (χ1) is 13.1. The Labute approximate surface area is 158 Å². The number of aliphatic hydroxyl groups excluding tert-OH is 1. The number of nitrogens with zero attached hydrogens (tertiary/aromatic N) is 2. The molecule has 28 heavy (non-hydrogen) atoms. The van der Waals surface area contributed by atoms with Crippen molar-refractivity contribution in [2.24, 2.45) is 0 Å². The molecule has 0 saturated carbocycles. The maximum atomic E-state index is 12.9. The molecule has 2 aliphatic heterocycles. The first-order valence-electron chi connectivity index (χ1n) is 8.58. The fraction of sp³-hybridized carbons (Fsp3) is 0.368. The van der Waals surface area contributed by atoms with Crippen LogP contribution in [0.15, 0.2) is 36.5 Å². The molecule has 0 saturated heterocycles. The summed E-state index contributed by atoms with van der Waals surface area (Å²) in [6.07, 6.45) is -4.55. The van der Waals surface area contributed by atoms with Gasteiger partial charge in [-0.3, -0.25) is 9.78 Å². The summed E-state index contributed by atoms with van der Waals surface area (Å²) in [5, 5.41) is 10.9. The molecule has 0 fully saturated rings. The van der Waals surface area contributed by atoms with E-state index in [-0.39, 0.29) is 23.6 Å². The Morgan fingerprint density at radius 1 is 1.32 bits per heavy atom.